The Bertz CT molecular complexity index is 478. The van der Waals surface area contributed by atoms with Gasteiger partial charge in [0.1, 0.15) is 11.9 Å². The zero-order chi connectivity index (χ0) is 13.9. The molecule has 1 atom stereocenters. The monoisotopic (exact) mass is 317 g/mol. The van der Waals surface area contributed by atoms with Gasteiger partial charge in [0.25, 0.3) is 0 Å². The summed E-state index contributed by atoms with van der Waals surface area (Å²) in [5, 5.41) is 8.79. The normalized spacial score (nSPS) is 12.0. The lowest BCUT2D eigenvalue weighted by atomic mass is 10.1. The Kier molecular flexibility index (Phi) is 4.84. The number of benzene rings is 1. The Hall–Kier alpha value is -1.43. The van der Waals surface area contributed by atoms with Crippen molar-refractivity contribution in [1.82, 2.24) is 4.90 Å². The lowest BCUT2D eigenvalue weighted by molar-refractivity contribution is -0.148. The van der Waals surface area contributed by atoms with Crippen LogP contribution in [0.5, 0.6) is 0 Å². The Labute approximate surface area is 113 Å². The maximum atomic E-state index is 13.3. The molecule has 1 aromatic carbocycles. The molecule has 1 amide bonds. The smallest absolute Gasteiger partial charge is 0.326 e. The number of likely N-dealkylation sites (N-methyl/N-ethyl adjacent to an activating group) is 1. The van der Waals surface area contributed by atoms with Crippen LogP contribution in [-0.4, -0.2) is 35.0 Å². The quantitative estimate of drug-likeness (QED) is 0.924. The fourth-order valence-corrected chi connectivity index (χ4v) is 1.58. The first kappa shape index (κ1) is 14.6. The van der Waals surface area contributed by atoms with Crippen LogP contribution in [0.25, 0.3) is 0 Å². The molecule has 0 aliphatic carbocycles. The molecule has 0 aliphatic heterocycles. The molecule has 98 valence electrons. The van der Waals surface area contributed by atoms with Gasteiger partial charge in [0, 0.05) is 7.05 Å². The van der Waals surface area contributed by atoms with E-state index in [2.05, 4.69) is 15.9 Å². The molecule has 0 spiro atoms. The molecular formula is C12H13BrFNO3. The number of carbonyl (C=O) groups is 2. The van der Waals surface area contributed by atoms with E-state index in [4.69, 9.17) is 5.11 Å². The van der Waals surface area contributed by atoms with Crippen LogP contribution >= 0.6 is 15.9 Å². The standard InChI is InChI=1S/C12H13BrFNO3/c1-7(12(17)18)15(2)11(16)6-8-3-4-9(13)10(14)5-8/h3-5,7H,6H2,1-2H3,(H,17,18). The van der Waals surface area contributed by atoms with Crippen LogP contribution in [0.15, 0.2) is 22.7 Å². The van der Waals surface area contributed by atoms with Gasteiger partial charge in [-0.25, -0.2) is 9.18 Å². The summed E-state index contributed by atoms with van der Waals surface area (Å²) in [5.74, 6) is -1.89. The second kappa shape index (κ2) is 5.95. The summed E-state index contributed by atoms with van der Waals surface area (Å²) in [6, 6.07) is 3.47. The van der Waals surface area contributed by atoms with Gasteiger partial charge in [-0.15, -0.1) is 0 Å². The molecule has 4 nitrogen and oxygen atoms in total. The number of carboxylic acids is 1. The summed E-state index contributed by atoms with van der Waals surface area (Å²) in [4.78, 5) is 23.6. The lowest BCUT2D eigenvalue weighted by Gasteiger charge is -2.21. The summed E-state index contributed by atoms with van der Waals surface area (Å²) in [6.07, 6.45) is -0.0294. The second-order valence-electron chi connectivity index (χ2n) is 3.94. The van der Waals surface area contributed by atoms with E-state index in [-0.39, 0.29) is 12.3 Å². The van der Waals surface area contributed by atoms with E-state index in [0.29, 0.717) is 10.0 Å². The van der Waals surface area contributed by atoms with Crippen molar-refractivity contribution in [2.24, 2.45) is 0 Å². The zero-order valence-corrected chi connectivity index (χ0v) is 11.6. The number of amides is 1. The molecular weight excluding hydrogens is 305 g/mol. The molecule has 0 bridgehead atoms. The number of hydrogen-bond donors (Lipinski definition) is 1. The average Bonchev–Trinajstić information content (AvgIpc) is 2.31. The second-order valence-corrected chi connectivity index (χ2v) is 4.80. The van der Waals surface area contributed by atoms with Gasteiger partial charge in [0.15, 0.2) is 0 Å². The predicted molar refractivity (Wildman–Crippen MR) is 67.7 cm³/mol. The van der Waals surface area contributed by atoms with Crippen molar-refractivity contribution in [3.05, 3.63) is 34.1 Å². The highest BCUT2D eigenvalue weighted by Crippen LogP contribution is 2.17. The van der Waals surface area contributed by atoms with E-state index in [9.17, 15) is 14.0 Å². The van der Waals surface area contributed by atoms with Crippen molar-refractivity contribution in [3.63, 3.8) is 0 Å². The molecule has 0 aliphatic rings. The number of hydrogen-bond acceptors (Lipinski definition) is 2. The van der Waals surface area contributed by atoms with E-state index >= 15 is 0 Å². The number of halogens is 2. The third-order valence-corrected chi connectivity index (χ3v) is 3.31. The third kappa shape index (κ3) is 3.53. The Balaban J connectivity index is 2.75. The number of rotatable bonds is 4. The van der Waals surface area contributed by atoms with Crippen molar-refractivity contribution in [3.8, 4) is 0 Å². The maximum Gasteiger partial charge on any atom is 0.326 e. The van der Waals surface area contributed by atoms with Gasteiger partial charge in [-0.05, 0) is 40.5 Å². The van der Waals surface area contributed by atoms with Crippen LogP contribution in [0.3, 0.4) is 0 Å². The van der Waals surface area contributed by atoms with Gasteiger partial charge in [0.2, 0.25) is 5.91 Å². The Morgan fingerprint density at radius 2 is 2.11 bits per heavy atom. The minimum Gasteiger partial charge on any atom is -0.480 e. The first-order valence-electron chi connectivity index (χ1n) is 5.25. The van der Waals surface area contributed by atoms with E-state index in [0.717, 1.165) is 4.90 Å². The van der Waals surface area contributed by atoms with Gasteiger partial charge >= 0.3 is 5.97 Å². The summed E-state index contributed by atoms with van der Waals surface area (Å²) >= 11 is 3.02. The van der Waals surface area contributed by atoms with Crippen LogP contribution in [0.2, 0.25) is 0 Å². The maximum absolute atomic E-state index is 13.3. The number of carboxylic acid groups (broad SMARTS) is 1. The van der Waals surface area contributed by atoms with Gasteiger partial charge in [-0.3, -0.25) is 4.79 Å². The molecule has 0 fully saturated rings. The molecule has 1 rings (SSSR count). The number of aliphatic carboxylic acids is 1. The molecule has 18 heavy (non-hydrogen) atoms. The molecule has 0 aromatic heterocycles. The number of nitrogens with zero attached hydrogens (tertiary/aromatic N) is 1. The summed E-state index contributed by atoms with van der Waals surface area (Å²) in [5.41, 5.74) is 0.505. The molecule has 0 saturated carbocycles. The molecule has 0 saturated heterocycles. The largest absolute Gasteiger partial charge is 0.480 e. The fourth-order valence-electron chi connectivity index (χ4n) is 1.33. The lowest BCUT2D eigenvalue weighted by Crippen LogP contribution is -2.41. The summed E-state index contributed by atoms with van der Waals surface area (Å²) in [6.45, 7) is 1.42. The molecule has 1 unspecified atom stereocenters. The molecule has 6 heteroatoms. The van der Waals surface area contributed by atoms with Crippen molar-refractivity contribution in [1.29, 1.82) is 0 Å². The van der Waals surface area contributed by atoms with Gasteiger partial charge in [0.05, 0.1) is 10.9 Å². The van der Waals surface area contributed by atoms with E-state index < -0.39 is 17.8 Å². The van der Waals surface area contributed by atoms with E-state index in [1.807, 2.05) is 0 Å². The van der Waals surface area contributed by atoms with Crippen LogP contribution in [0.4, 0.5) is 4.39 Å². The highest BCUT2D eigenvalue weighted by molar-refractivity contribution is 9.10. The van der Waals surface area contributed by atoms with Gasteiger partial charge in [-0.2, -0.15) is 0 Å². The predicted octanol–water partition coefficient (Wildman–Crippen LogP) is 2.06. The first-order valence-corrected chi connectivity index (χ1v) is 6.04. The third-order valence-electron chi connectivity index (χ3n) is 2.67. The molecule has 1 N–H and O–H groups in total. The summed E-state index contributed by atoms with van der Waals surface area (Å²) < 4.78 is 13.6. The van der Waals surface area contributed by atoms with Crippen molar-refractivity contribution in [2.75, 3.05) is 7.05 Å². The van der Waals surface area contributed by atoms with Crippen molar-refractivity contribution >= 4 is 27.8 Å². The van der Waals surface area contributed by atoms with Gasteiger partial charge in [-0.1, -0.05) is 6.07 Å². The first-order chi connectivity index (χ1) is 8.32. The minimum absolute atomic E-state index is 0.0294. The SMILES string of the molecule is CC(C(=O)O)N(C)C(=O)Cc1ccc(Br)c(F)c1. The van der Waals surface area contributed by atoms with Crippen LogP contribution in [0, 0.1) is 5.82 Å². The van der Waals surface area contributed by atoms with E-state index in [1.54, 1.807) is 6.07 Å². The Morgan fingerprint density at radius 3 is 2.61 bits per heavy atom. The fraction of sp³-hybridized carbons (Fsp3) is 0.333. The number of carbonyl (C=O) groups excluding carboxylic acids is 1. The van der Waals surface area contributed by atoms with Crippen LogP contribution in [0.1, 0.15) is 12.5 Å². The summed E-state index contributed by atoms with van der Waals surface area (Å²) in [7, 11) is 1.41. The molecule has 1 aromatic rings. The Morgan fingerprint density at radius 1 is 1.50 bits per heavy atom. The highest BCUT2D eigenvalue weighted by Gasteiger charge is 2.21. The highest BCUT2D eigenvalue weighted by atomic mass is 79.9. The van der Waals surface area contributed by atoms with E-state index in [1.165, 1.54) is 26.1 Å². The zero-order valence-electron chi connectivity index (χ0n) is 9.98. The minimum atomic E-state index is -1.08. The molecule has 0 heterocycles. The topological polar surface area (TPSA) is 57.6 Å². The van der Waals surface area contributed by atoms with Crippen molar-refractivity contribution < 1.29 is 19.1 Å². The van der Waals surface area contributed by atoms with Crippen LogP contribution < -0.4 is 0 Å². The average molecular weight is 318 g/mol. The molecule has 0 radical (unpaired) electrons. The van der Waals surface area contributed by atoms with Crippen molar-refractivity contribution in [2.45, 2.75) is 19.4 Å². The van der Waals surface area contributed by atoms with Crippen LogP contribution in [-0.2, 0) is 16.0 Å². The van der Waals surface area contributed by atoms with Gasteiger partial charge < -0.3 is 10.0 Å².